The lowest BCUT2D eigenvalue weighted by molar-refractivity contribution is 0.786. The molecule has 0 radical (unpaired) electrons. The van der Waals surface area contributed by atoms with Gasteiger partial charge in [0.25, 0.3) is 0 Å². The predicted octanol–water partition coefficient (Wildman–Crippen LogP) is 9.97. The zero-order chi connectivity index (χ0) is 25.4. The molecule has 0 N–H and O–H groups in total. The van der Waals surface area contributed by atoms with Crippen LogP contribution in [0.3, 0.4) is 0 Å². The van der Waals surface area contributed by atoms with Crippen LogP contribution in [0.5, 0.6) is 0 Å². The van der Waals surface area contributed by atoms with Gasteiger partial charge in [-0.3, -0.25) is 0 Å². The Labute approximate surface area is 226 Å². The zero-order valence-electron chi connectivity index (χ0n) is 22.5. The van der Waals surface area contributed by atoms with Gasteiger partial charge in [-0.05, 0) is 47.9 Å². The van der Waals surface area contributed by atoms with Gasteiger partial charge in [-0.1, -0.05) is 171 Å². The highest BCUT2D eigenvalue weighted by molar-refractivity contribution is 6.79. The van der Waals surface area contributed by atoms with Crippen LogP contribution in [0.2, 0.25) is 24.2 Å². The Kier molecular flexibility index (Phi) is 11.3. The maximum absolute atomic E-state index is 2.31. The lowest BCUT2D eigenvalue weighted by Gasteiger charge is -2.33. The first-order chi connectivity index (χ1) is 18.3. The Morgan fingerprint density at radius 2 is 0.514 bits per heavy atom. The van der Waals surface area contributed by atoms with Gasteiger partial charge in [-0.15, -0.1) is 0 Å². The SMILES string of the molecule is c1ccc(CCC[Si](CCCc2ccccc2)(CCCc2ccccc2)CCCc2ccccc2)cc1. The van der Waals surface area contributed by atoms with Crippen molar-refractivity contribution >= 4 is 8.07 Å². The highest BCUT2D eigenvalue weighted by Crippen LogP contribution is 2.34. The summed E-state index contributed by atoms with van der Waals surface area (Å²) in [5.41, 5.74) is 6.01. The van der Waals surface area contributed by atoms with E-state index in [1.807, 2.05) is 0 Å². The minimum atomic E-state index is -1.41. The van der Waals surface area contributed by atoms with Gasteiger partial charge in [0.15, 0.2) is 0 Å². The molecule has 0 atom stereocenters. The number of hydrogen-bond donors (Lipinski definition) is 0. The van der Waals surface area contributed by atoms with Gasteiger partial charge >= 0.3 is 0 Å². The van der Waals surface area contributed by atoms with Crippen LogP contribution in [0.1, 0.15) is 47.9 Å². The van der Waals surface area contributed by atoms with E-state index in [1.165, 1.54) is 97.8 Å². The number of rotatable bonds is 16. The van der Waals surface area contributed by atoms with E-state index in [1.54, 1.807) is 0 Å². The summed E-state index contributed by atoms with van der Waals surface area (Å²) in [7, 11) is -1.41. The fourth-order valence-corrected chi connectivity index (χ4v) is 11.2. The van der Waals surface area contributed by atoms with Crippen LogP contribution in [0, 0.1) is 0 Å². The topological polar surface area (TPSA) is 0 Å². The standard InChI is InChI=1S/C36H44Si/c1-5-17-33(18-6-1)25-13-29-37(30-14-26-34-19-7-2-8-20-34,31-15-27-35-21-9-3-10-22-35)32-16-28-36-23-11-4-12-24-36/h1-12,17-24H,13-16,25-32H2. The van der Waals surface area contributed by atoms with Crippen LogP contribution in [0.4, 0.5) is 0 Å². The third kappa shape index (κ3) is 9.82. The number of aryl methyl sites for hydroxylation is 4. The fraction of sp³-hybridized carbons (Fsp3) is 0.333. The largest absolute Gasteiger partial charge is 0.0622 e. The fourth-order valence-electron chi connectivity index (χ4n) is 6.00. The highest BCUT2D eigenvalue weighted by Gasteiger charge is 2.31. The summed E-state index contributed by atoms with van der Waals surface area (Å²) < 4.78 is 0. The molecular formula is C36H44Si. The van der Waals surface area contributed by atoms with Crippen molar-refractivity contribution in [1.29, 1.82) is 0 Å². The first-order valence-corrected chi connectivity index (χ1v) is 17.3. The molecule has 4 aromatic carbocycles. The van der Waals surface area contributed by atoms with Crippen LogP contribution >= 0.6 is 0 Å². The summed E-state index contributed by atoms with van der Waals surface area (Å²) in [5, 5.41) is 0. The summed E-state index contributed by atoms with van der Waals surface area (Å²) >= 11 is 0. The van der Waals surface area contributed by atoms with Crippen molar-refractivity contribution in [2.24, 2.45) is 0 Å². The Morgan fingerprint density at radius 1 is 0.297 bits per heavy atom. The van der Waals surface area contributed by atoms with Crippen molar-refractivity contribution < 1.29 is 0 Å². The van der Waals surface area contributed by atoms with Crippen LogP contribution < -0.4 is 0 Å². The average molecular weight is 505 g/mol. The first-order valence-electron chi connectivity index (χ1n) is 14.5. The summed E-state index contributed by atoms with van der Waals surface area (Å²) in [5.74, 6) is 0. The van der Waals surface area contributed by atoms with Crippen molar-refractivity contribution in [3.8, 4) is 0 Å². The zero-order valence-corrected chi connectivity index (χ0v) is 23.5. The lowest BCUT2D eigenvalue weighted by Crippen LogP contribution is -2.34. The monoisotopic (exact) mass is 504 g/mol. The van der Waals surface area contributed by atoms with Crippen LogP contribution in [-0.4, -0.2) is 8.07 Å². The van der Waals surface area contributed by atoms with Crippen molar-refractivity contribution in [2.45, 2.75) is 75.5 Å². The molecule has 0 aromatic heterocycles. The lowest BCUT2D eigenvalue weighted by atomic mass is 10.1. The number of hydrogen-bond acceptors (Lipinski definition) is 0. The molecule has 0 aliphatic heterocycles. The molecule has 4 rings (SSSR count). The first kappa shape index (κ1) is 27.1. The maximum Gasteiger partial charge on any atom is 0.0536 e. The molecule has 0 saturated carbocycles. The van der Waals surface area contributed by atoms with E-state index in [-0.39, 0.29) is 0 Å². The van der Waals surface area contributed by atoms with Crippen molar-refractivity contribution in [2.75, 3.05) is 0 Å². The van der Waals surface area contributed by atoms with Gasteiger partial charge in [-0.25, -0.2) is 0 Å². The van der Waals surface area contributed by atoms with E-state index in [0.717, 1.165) is 0 Å². The van der Waals surface area contributed by atoms with Crippen LogP contribution in [-0.2, 0) is 25.7 Å². The molecule has 0 saturated heterocycles. The Bertz CT molecular complexity index is 919. The van der Waals surface area contributed by atoms with Crippen molar-refractivity contribution in [3.05, 3.63) is 144 Å². The highest BCUT2D eigenvalue weighted by atomic mass is 28.3. The van der Waals surface area contributed by atoms with Crippen LogP contribution in [0.25, 0.3) is 0 Å². The molecule has 0 spiro atoms. The van der Waals surface area contributed by atoms with Gasteiger partial charge in [-0.2, -0.15) is 0 Å². The van der Waals surface area contributed by atoms with E-state index >= 15 is 0 Å². The molecule has 37 heavy (non-hydrogen) atoms. The van der Waals surface area contributed by atoms with E-state index in [4.69, 9.17) is 0 Å². The van der Waals surface area contributed by atoms with Gasteiger partial charge in [0, 0.05) is 0 Å². The molecule has 0 amide bonds. The number of benzene rings is 4. The molecule has 0 nitrogen and oxygen atoms in total. The summed E-state index contributed by atoms with van der Waals surface area (Å²) in [6.45, 7) is 0. The average Bonchev–Trinajstić information content (AvgIpc) is 2.95. The molecule has 192 valence electrons. The smallest absolute Gasteiger partial charge is 0.0536 e. The van der Waals surface area contributed by atoms with Crippen LogP contribution in [0.15, 0.2) is 121 Å². The summed E-state index contributed by atoms with van der Waals surface area (Å²) in [4.78, 5) is 0. The van der Waals surface area contributed by atoms with Gasteiger partial charge < -0.3 is 0 Å². The normalized spacial score (nSPS) is 11.5. The Hall–Kier alpha value is -2.90. The minimum Gasteiger partial charge on any atom is -0.0622 e. The second-order valence-corrected chi connectivity index (χ2v) is 15.9. The van der Waals surface area contributed by atoms with E-state index < -0.39 is 8.07 Å². The minimum absolute atomic E-state index is 1.23. The predicted molar refractivity (Wildman–Crippen MR) is 164 cm³/mol. The maximum atomic E-state index is 2.31. The Morgan fingerprint density at radius 3 is 0.730 bits per heavy atom. The second kappa shape index (κ2) is 15.4. The molecular weight excluding hydrogens is 460 g/mol. The third-order valence-corrected chi connectivity index (χ3v) is 13.7. The Balaban J connectivity index is 1.44. The van der Waals surface area contributed by atoms with Gasteiger partial charge in [0.2, 0.25) is 0 Å². The summed E-state index contributed by atoms with van der Waals surface area (Å²) in [6, 6.07) is 50.5. The molecule has 0 unspecified atom stereocenters. The molecule has 0 fully saturated rings. The third-order valence-electron chi connectivity index (χ3n) is 8.06. The molecule has 4 aromatic rings. The van der Waals surface area contributed by atoms with E-state index in [9.17, 15) is 0 Å². The summed E-state index contributed by atoms with van der Waals surface area (Å²) in [6.07, 6.45) is 10.3. The van der Waals surface area contributed by atoms with Gasteiger partial charge in [0.05, 0.1) is 8.07 Å². The molecule has 0 aliphatic carbocycles. The van der Waals surface area contributed by atoms with Crippen molar-refractivity contribution in [1.82, 2.24) is 0 Å². The molecule has 0 aliphatic rings. The van der Waals surface area contributed by atoms with Crippen molar-refractivity contribution in [3.63, 3.8) is 0 Å². The quantitative estimate of drug-likeness (QED) is 0.133. The second-order valence-electron chi connectivity index (χ2n) is 10.9. The molecule has 0 bridgehead atoms. The van der Waals surface area contributed by atoms with Gasteiger partial charge in [0.1, 0.15) is 0 Å². The molecule has 1 heteroatoms. The van der Waals surface area contributed by atoms with E-state index in [2.05, 4.69) is 121 Å². The molecule has 0 heterocycles. The van der Waals surface area contributed by atoms with E-state index in [0.29, 0.717) is 0 Å².